The van der Waals surface area contributed by atoms with Crippen molar-refractivity contribution in [1.82, 2.24) is 0 Å². The molecule has 0 bridgehead atoms. The molecule has 0 heterocycles. The van der Waals surface area contributed by atoms with E-state index in [9.17, 15) is 0 Å². The first-order valence-electron chi connectivity index (χ1n) is 9.77. The predicted octanol–water partition coefficient (Wildman–Crippen LogP) is 6.98. The van der Waals surface area contributed by atoms with Crippen LogP contribution in [0, 0.1) is 0 Å². The van der Waals surface area contributed by atoms with Gasteiger partial charge in [-0.1, -0.05) is 72.8 Å². The van der Waals surface area contributed by atoms with Crippen LogP contribution in [0.3, 0.4) is 0 Å². The highest BCUT2D eigenvalue weighted by atomic mass is 14.9. The summed E-state index contributed by atoms with van der Waals surface area (Å²) in [6, 6.07) is 32.0. The van der Waals surface area contributed by atoms with Gasteiger partial charge in [-0.25, -0.2) is 0 Å². The highest BCUT2D eigenvalue weighted by molar-refractivity contribution is 5.95. The van der Waals surface area contributed by atoms with E-state index in [1.54, 1.807) is 0 Å². The van der Waals surface area contributed by atoms with Crippen LogP contribution in [0.25, 0.3) is 16.5 Å². The van der Waals surface area contributed by atoms with Gasteiger partial charge in [-0.2, -0.15) is 0 Å². The smallest absolute Gasteiger partial charge is 0.0463 e. The average Bonchev–Trinajstić information content (AvgIpc) is 2.75. The summed E-state index contributed by atoms with van der Waals surface area (Å²) < 4.78 is 0. The maximum Gasteiger partial charge on any atom is 0.0463 e. The molecule has 0 saturated carbocycles. The minimum atomic E-state index is 1.08. The standard InChI is InChI=1S/C26H22N2/c1-3-14-23-19(8-1)10-5-16-25(23)27-21-12-7-13-22(18-21)28-26-17-6-11-20-9-2-4-15-24(20)26/h1-5,7-10,12-18,27-28H,6,11H2. The van der Waals surface area contributed by atoms with E-state index in [0.717, 1.165) is 29.9 Å². The number of allylic oxidation sites excluding steroid dienone is 1. The normalized spacial score (nSPS) is 12.9. The summed E-state index contributed by atoms with van der Waals surface area (Å²) in [6.07, 6.45) is 4.49. The quantitative estimate of drug-likeness (QED) is 0.409. The first-order chi connectivity index (χ1) is 13.9. The summed E-state index contributed by atoms with van der Waals surface area (Å²) in [5.41, 5.74) is 7.21. The van der Waals surface area contributed by atoms with Crippen molar-refractivity contribution in [2.24, 2.45) is 0 Å². The summed E-state index contributed by atoms with van der Waals surface area (Å²) in [5, 5.41) is 9.68. The van der Waals surface area contributed by atoms with Crippen LogP contribution >= 0.6 is 0 Å². The van der Waals surface area contributed by atoms with Crippen LogP contribution in [0.5, 0.6) is 0 Å². The van der Waals surface area contributed by atoms with Crippen molar-refractivity contribution >= 4 is 33.5 Å². The van der Waals surface area contributed by atoms with Crippen molar-refractivity contribution in [3.63, 3.8) is 0 Å². The van der Waals surface area contributed by atoms with Crippen molar-refractivity contribution < 1.29 is 0 Å². The third-order valence-electron chi connectivity index (χ3n) is 5.28. The predicted molar refractivity (Wildman–Crippen MR) is 120 cm³/mol. The fourth-order valence-corrected chi connectivity index (χ4v) is 3.92. The second-order valence-electron chi connectivity index (χ2n) is 7.17. The molecular formula is C26H22N2. The molecule has 1 aliphatic carbocycles. The maximum atomic E-state index is 3.62. The van der Waals surface area contributed by atoms with Gasteiger partial charge in [-0.05, 0) is 48.1 Å². The molecule has 2 nitrogen and oxygen atoms in total. The van der Waals surface area contributed by atoms with Gasteiger partial charge in [-0.3, -0.25) is 0 Å². The Morgan fingerprint density at radius 1 is 0.643 bits per heavy atom. The van der Waals surface area contributed by atoms with E-state index in [4.69, 9.17) is 0 Å². The number of nitrogens with one attached hydrogen (secondary N) is 2. The summed E-state index contributed by atoms with van der Waals surface area (Å²) >= 11 is 0. The lowest BCUT2D eigenvalue weighted by molar-refractivity contribution is 0.976. The number of fused-ring (bicyclic) bond motifs is 2. The maximum absolute atomic E-state index is 3.62. The minimum Gasteiger partial charge on any atom is -0.355 e. The number of aryl methyl sites for hydroxylation is 1. The molecule has 0 atom stereocenters. The lowest BCUT2D eigenvalue weighted by Gasteiger charge is -2.20. The highest BCUT2D eigenvalue weighted by Gasteiger charge is 2.12. The molecule has 0 saturated heterocycles. The van der Waals surface area contributed by atoms with Crippen molar-refractivity contribution in [2.75, 3.05) is 10.6 Å². The van der Waals surface area contributed by atoms with E-state index in [2.05, 4.69) is 108 Å². The van der Waals surface area contributed by atoms with Crippen LogP contribution < -0.4 is 10.6 Å². The summed E-state index contributed by atoms with van der Waals surface area (Å²) in [5.74, 6) is 0. The van der Waals surface area contributed by atoms with Crippen LogP contribution in [-0.2, 0) is 6.42 Å². The zero-order valence-corrected chi connectivity index (χ0v) is 15.7. The largest absolute Gasteiger partial charge is 0.355 e. The molecule has 2 N–H and O–H groups in total. The van der Waals surface area contributed by atoms with Crippen molar-refractivity contribution in [2.45, 2.75) is 12.8 Å². The average molecular weight is 362 g/mol. The van der Waals surface area contributed by atoms with Gasteiger partial charge in [0.1, 0.15) is 0 Å². The lowest BCUT2D eigenvalue weighted by Crippen LogP contribution is -2.06. The molecule has 1 aliphatic rings. The van der Waals surface area contributed by atoms with Crippen LogP contribution in [0.4, 0.5) is 17.1 Å². The van der Waals surface area contributed by atoms with E-state index in [1.165, 1.54) is 27.6 Å². The summed E-state index contributed by atoms with van der Waals surface area (Å²) in [6.45, 7) is 0. The molecule has 0 amide bonds. The Balaban J connectivity index is 1.42. The lowest BCUT2D eigenvalue weighted by atomic mass is 9.94. The molecule has 0 fully saturated rings. The van der Waals surface area contributed by atoms with Crippen LogP contribution in [0.15, 0.2) is 97.1 Å². The van der Waals surface area contributed by atoms with E-state index in [-0.39, 0.29) is 0 Å². The fourth-order valence-electron chi connectivity index (χ4n) is 3.92. The molecule has 0 aromatic heterocycles. The van der Waals surface area contributed by atoms with Gasteiger partial charge in [0.25, 0.3) is 0 Å². The summed E-state index contributed by atoms with van der Waals surface area (Å²) in [7, 11) is 0. The van der Waals surface area contributed by atoms with E-state index >= 15 is 0 Å². The molecule has 28 heavy (non-hydrogen) atoms. The third kappa shape index (κ3) is 3.25. The van der Waals surface area contributed by atoms with Crippen molar-refractivity contribution in [1.29, 1.82) is 0 Å². The van der Waals surface area contributed by atoms with Gasteiger partial charge < -0.3 is 10.6 Å². The van der Waals surface area contributed by atoms with E-state index < -0.39 is 0 Å². The van der Waals surface area contributed by atoms with Crippen molar-refractivity contribution in [3.05, 3.63) is 108 Å². The van der Waals surface area contributed by atoms with Gasteiger partial charge in [0, 0.05) is 33.7 Å². The highest BCUT2D eigenvalue weighted by Crippen LogP contribution is 2.30. The molecule has 4 aromatic carbocycles. The Hall–Kier alpha value is -3.52. The number of anilines is 3. The molecule has 0 aliphatic heterocycles. The van der Waals surface area contributed by atoms with E-state index in [0.29, 0.717) is 0 Å². The van der Waals surface area contributed by atoms with Crippen LogP contribution in [-0.4, -0.2) is 0 Å². The van der Waals surface area contributed by atoms with Gasteiger partial charge in [0.2, 0.25) is 0 Å². The Labute approximate surface area is 165 Å². The molecule has 0 spiro atoms. The zero-order valence-electron chi connectivity index (χ0n) is 15.7. The van der Waals surface area contributed by atoms with Crippen LogP contribution in [0.1, 0.15) is 17.5 Å². The zero-order chi connectivity index (χ0) is 18.8. The molecular weight excluding hydrogens is 340 g/mol. The minimum absolute atomic E-state index is 1.08. The second-order valence-corrected chi connectivity index (χ2v) is 7.17. The van der Waals surface area contributed by atoms with Gasteiger partial charge in [0.15, 0.2) is 0 Å². The van der Waals surface area contributed by atoms with Crippen LogP contribution in [0.2, 0.25) is 0 Å². The number of hydrogen-bond acceptors (Lipinski definition) is 2. The van der Waals surface area contributed by atoms with Gasteiger partial charge in [-0.15, -0.1) is 0 Å². The molecule has 5 rings (SSSR count). The second kappa shape index (κ2) is 7.24. The monoisotopic (exact) mass is 362 g/mol. The molecule has 0 radical (unpaired) electrons. The fraction of sp³-hybridized carbons (Fsp3) is 0.0769. The first kappa shape index (κ1) is 16.6. The number of rotatable bonds is 4. The Morgan fingerprint density at radius 2 is 1.39 bits per heavy atom. The molecule has 0 unspecified atom stereocenters. The van der Waals surface area contributed by atoms with E-state index in [1.807, 2.05) is 0 Å². The number of hydrogen-bond donors (Lipinski definition) is 2. The Kier molecular flexibility index (Phi) is 4.30. The SMILES string of the molecule is C1=C(Nc2cccc(Nc3cccc4ccccc34)c2)c2ccccc2CC1. The first-order valence-corrected chi connectivity index (χ1v) is 9.77. The Bertz CT molecular complexity index is 1170. The van der Waals surface area contributed by atoms with Gasteiger partial charge in [0.05, 0.1) is 0 Å². The van der Waals surface area contributed by atoms with Crippen molar-refractivity contribution in [3.8, 4) is 0 Å². The van der Waals surface area contributed by atoms with Gasteiger partial charge >= 0.3 is 0 Å². The topological polar surface area (TPSA) is 24.1 Å². The Morgan fingerprint density at radius 3 is 2.36 bits per heavy atom. The number of benzene rings is 4. The third-order valence-corrected chi connectivity index (χ3v) is 5.28. The summed E-state index contributed by atoms with van der Waals surface area (Å²) in [4.78, 5) is 0. The molecule has 2 heteroatoms. The molecule has 4 aromatic rings. The molecule has 136 valence electrons.